The number of anilines is 1. The van der Waals surface area contributed by atoms with Gasteiger partial charge in [0.1, 0.15) is 5.82 Å². The lowest BCUT2D eigenvalue weighted by molar-refractivity contribution is -0.200. The standard InChI is InChI=1S/C24H31F4N3O4/c1-16(24(26,27)28)35-22(34)31-10-6-23(7-11-31)14-29(15-23)13-18-2-3-19(25)12-20(18)30-8-4-17(5-9-30)21(32)33/h2-3,12,16-17H,4-11,13-15H2,1H3,(H,32,33). The quantitative estimate of drug-likeness (QED) is 0.613. The predicted octanol–water partition coefficient (Wildman–Crippen LogP) is 4.11. The molecular weight excluding hydrogens is 470 g/mol. The molecule has 3 aliphatic rings. The Balaban J connectivity index is 1.29. The topological polar surface area (TPSA) is 73.3 Å². The number of piperidine rings is 2. The van der Waals surface area contributed by atoms with Gasteiger partial charge in [-0.3, -0.25) is 9.69 Å². The zero-order valence-electron chi connectivity index (χ0n) is 19.7. The van der Waals surface area contributed by atoms with Crippen molar-refractivity contribution in [2.24, 2.45) is 11.3 Å². The van der Waals surface area contributed by atoms with Crippen LogP contribution in [-0.2, 0) is 16.1 Å². The minimum Gasteiger partial charge on any atom is -0.481 e. The maximum absolute atomic E-state index is 14.0. The summed E-state index contributed by atoms with van der Waals surface area (Å²) in [5.41, 5.74) is 1.80. The van der Waals surface area contributed by atoms with Crippen molar-refractivity contribution >= 4 is 17.7 Å². The van der Waals surface area contributed by atoms with Crippen molar-refractivity contribution in [3.05, 3.63) is 29.6 Å². The summed E-state index contributed by atoms with van der Waals surface area (Å²) >= 11 is 0. The number of hydrogen-bond donors (Lipinski definition) is 1. The summed E-state index contributed by atoms with van der Waals surface area (Å²) in [6.45, 7) is 4.90. The van der Waals surface area contributed by atoms with Gasteiger partial charge in [-0.05, 0) is 55.7 Å². The lowest BCUT2D eigenvalue weighted by Crippen LogP contribution is -2.60. The van der Waals surface area contributed by atoms with Gasteiger partial charge in [-0.2, -0.15) is 13.2 Å². The molecule has 0 radical (unpaired) electrons. The van der Waals surface area contributed by atoms with Gasteiger partial charge in [-0.25, -0.2) is 9.18 Å². The number of aliphatic carboxylic acids is 1. The van der Waals surface area contributed by atoms with E-state index < -0.39 is 24.3 Å². The molecule has 1 spiro atoms. The van der Waals surface area contributed by atoms with Crippen molar-refractivity contribution in [2.75, 3.05) is 44.2 Å². The van der Waals surface area contributed by atoms with E-state index in [1.54, 1.807) is 6.07 Å². The molecule has 4 rings (SSSR count). The Bertz CT molecular complexity index is 933. The molecule has 35 heavy (non-hydrogen) atoms. The number of carbonyl (C=O) groups excluding carboxylic acids is 1. The van der Waals surface area contributed by atoms with Gasteiger partial charge >= 0.3 is 18.2 Å². The summed E-state index contributed by atoms with van der Waals surface area (Å²) in [5.74, 6) is -1.48. The fourth-order valence-corrected chi connectivity index (χ4v) is 5.36. The SMILES string of the molecule is CC(OC(=O)N1CCC2(CC1)CN(Cc1ccc(F)cc1N1CCC(C(=O)O)CC1)C2)C(F)(F)F. The van der Waals surface area contributed by atoms with E-state index in [-0.39, 0.29) is 17.2 Å². The van der Waals surface area contributed by atoms with Crippen LogP contribution in [0.1, 0.15) is 38.2 Å². The van der Waals surface area contributed by atoms with Crippen LogP contribution in [0.4, 0.5) is 28.0 Å². The van der Waals surface area contributed by atoms with Crippen LogP contribution in [0.5, 0.6) is 0 Å². The second-order valence-electron chi connectivity index (χ2n) is 10.1. The lowest BCUT2D eigenvalue weighted by Gasteiger charge is -2.54. The maximum atomic E-state index is 14.0. The molecule has 3 saturated heterocycles. The van der Waals surface area contributed by atoms with Crippen molar-refractivity contribution in [2.45, 2.75) is 51.4 Å². The fourth-order valence-electron chi connectivity index (χ4n) is 5.36. The van der Waals surface area contributed by atoms with Crippen molar-refractivity contribution in [3.8, 4) is 0 Å². The number of nitrogens with zero attached hydrogens (tertiary/aromatic N) is 3. The summed E-state index contributed by atoms with van der Waals surface area (Å²) in [7, 11) is 0. The van der Waals surface area contributed by atoms with E-state index in [2.05, 4.69) is 14.5 Å². The van der Waals surface area contributed by atoms with Crippen LogP contribution in [0, 0.1) is 17.2 Å². The number of alkyl halides is 3. The molecule has 0 bridgehead atoms. The molecule has 1 amide bonds. The van der Waals surface area contributed by atoms with Crippen molar-refractivity contribution in [1.29, 1.82) is 0 Å². The van der Waals surface area contributed by atoms with Crippen LogP contribution in [0.25, 0.3) is 0 Å². The van der Waals surface area contributed by atoms with E-state index >= 15 is 0 Å². The monoisotopic (exact) mass is 501 g/mol. The first kappa shape index (κ1) is 25.5. The third kappa shape index (κ3) is 5.82. The van der Waals surface area contributed by atoms with Gasteiger partial charge in [-0.15, -0.1) is 0 Å². The van der Waals surface area contributed by atoms with Gasteiger partial charge in [0.15, 0.2) is 6.10 Å². The summed E-state index contributed by atoms with van der Waals surface area (Å²) in [6, 6.07) is 4.72. The molecule has 3 aliphatic heterocycles. The van der Waals surface area contributed by atoms with E-state index in [0.29, 0.717) is 58.4 Å². The number of hydrogen-bond acceptors (Lipinski definition) is 5. The first-order valence-corrected chi connectivity index (χ1v) is 12.0. The van der Waals surface area contributed by atoms with Crippen molar-refractivity contribution in [3.63, 3.8) is 0 Å². The Hall–Kier alpha value is -2.56. The zero-order chi connectivity index (χ0) is 25.4. The molecule has 3 heterocycles. The van der Waals surface area contributed by atoms with Crippen LogP contribution < -0.4 is 4.90 Å². The minimum absolute atomic E-state index is 0.0203. The summed E-state index contributed by atoms with van der Waals surface area (Å²) in [4.78, 5) is 29.0. The highest BCUT2D eigenvalue weighted by Gasteiger charge is 2.46. The van der Waals surface area contributed by atoms with Gasteiger partial charge in [0.05, 0.1) is 5.92 Å². The number of benzene rings is 1. The van der Waals surface area contributed by atoms with Gasteiger partial charge in [0, 0.05) is 51.5 Å². The van der Waals surface area contributed by atoms with Gasteiger partial charge < -0.3 is 19.6 Å². The van der Waals surface area contributed by atoms with E-state index in [1.165, 1.54) is 17.0 Å². The highest BCUT2D eigenvalue weighted by Crippen LogP contribution is 2.42. The Kier molecular flexibility index (Phi) is 7.17. The number of halogens is 4. The minimum atomic E-state index is -4.58. The molecule has 1 unspecified atom stereocenters. The van der Waals surface area contributed by atoms with Crippen LogP contribution >= 0.6 is 0 Å². The molecule has 0 saturated carbocycles. The summed E-state index contributed by atoms with van der Waals surface area (Å²) in [6.07, 6.45) is -5.20. The largest absolute Gasteiger partial charge is 0.481 e. The molecule has 11 heteroatoms. The molecule has 7 nitrogen and oxygen atoms in total. The van der Waals surface area contributed by atoms with Gasteiger partial charge in [0.2, 0.25) is 0 Å². The van der Waals surface area contributed by atoms with E-state index in [4.69, 9.17) is 0 Å². The van der Waals surface area contributed by atoms with Crippen LogP contribution in [0.15, 0.2) is 18.2 Å². The average molecular weight is 502 g/mol. The number of rotatable bonds is 5. The molecule has 1 N–H and O–H groups in total. The predicted molar refractivity (Wildman–Crippen MR) is 119 cm³/mol. The highest BCUT2D eigenvalue weighted by atomic mass is 19.4. The third-order valence-electron chi connectivity index (χ3n) is 7.57. The Labute approximate surface area is 201 Å². The first-order chi connectivity index (χ1) is 16.5. The Morgan fingerprint density at radius 3 is 2.34 bits per heavy atom. The highest BCUT2D eigenvalue weighted by molar-refractivity contribution is 5.70. The summed E-state index contributed by atoms with van der Waals surface area (Å²) in [5, 5.41) is 9.23. The molecule has 1 aromatic carbocycles. The molecule has 0 aromatic heterocycles. The van der Waals surface area contributed by atoms with Crippen LogP contribution in [0.3, 0.4) is 0 Å². The fraction of sp³-hybridized carbons (Fsp3) is 0.667. The van der Waals surface area contributed by atoms with Crippen molar-refractivity contribution in [1.82, 2.24) is 9.80 Å². The van der Waals surface area contributed by atoms with Gasteiger partial charge in [-0.1, -0.05) is 6.07 Å². The third-order valence-corrected chi connectivity index (χ3v) is 7.57. The second-order valence-corrected chi connectivity index (χ2v) is 10.1. The average Bonchev–Trinajstić information content (AvgIpc) is 2.79. The molecular formula is C24H31F4N3O4. The number of carboxylic acids is 1. The number of likely N-dealkylation sites (tertiary alicyclic amines) is 2. The Morgan fingerprint density at radius 2 is 1.77 bits per heavy atom. The molecule has 3 fully saturated rings. The number of ether oxygens (including phenoxy) is 1. The van der Waals surface area contributed by atoms with Gasteiger partial charge in [0.25, 0.3) is 0 Å². The summed E-state index contributed by atoms with van der Waals surface area (Å²) < 4.78 is 56.6. The van der Waals surface area contributed by atoms with E-state index in [1.807, 2.05) is 0 Å². The van der Waals surface area contributed by atoms with Crippen molar-refractivity contribution < 1.29 is 37.0 Å². The van der Waals surface area contributed by atoms with E-state index in [0.717, 1.165) is 31.3 Å². The van der Waals surface area contributed by atoms with Crippen LogP contribution in [-0.4, -0.2) is 78.5 Å². The van der Waals surface area contributed by atoms with Crippen LogP contribution in [0.2, 0.25) is 0 Å². The first-order valence-electron chi connectivity index (χ1n) is 12.0. The lowest BCUT2D eigenvalue weighted by atomic mass is 9.72. The Morgan fingerprint density at radius 1 is 1.14 bits per heavy atom. The second kappa shape index (κ2) is 9.83. The zero-order valence-corrected chi connectivity index (χ0v) is 19.7. The molecule has 1 atom stereocenters. The molecule has 194 valence electrons. The normalized spacial score (nSPS) is 22.1. The number of carbonyl (C=O) groups is 2. The number of amides is 1. The molecule has 1 aromatic rings. The van der Waals surface area contributed by atoms with E-state index in [9.17, 15) is 32.3 Å². The maximum Gasteiger partial charge on any atom is 0.425 e. The number of carboxylic acid groups (broad SMARTS) is 1. The molecule has 0 aliphatic carbocycles. The smallest absolute Gasteiger partial charge is 0.425 e.